The van der Waals surface area contributed by atoms with Gasteiger partial charge in [-0.3, -0.25) is 4.79 Å². The number of nitrogens with one attached hydrogen (secondary N) is 1. The van der Waals surface area contributed by atoms with E-state index in [4.69, 9.17) is 10.8 Å². The Bertz CT molecular complexity index is 246. The summed E-state index contributed by atoms with van der Waals surface area (Å²) < 4.78 is 0. The minimum atomic E-state index is -0.595. The first-order valence-electron chi connectivity index (χ1n) is 2.40. The highest BCUT2D eigenvalue weighted by Crippen LogP contribution is 2.22. The number of aromatic amines is 1. The van der Waals surface area contributed by atoms with Gasteiger partial charge in [0.1, 0.15) is 0 Å². The van der Waals surface area contributed by atoms with Gasteiger partial charge in [0.25, 0.3) is 5.24 Å². The highest BCUT2D eigenvalue weighted by Gasteiger charge is 2.06. The van der Waals surface area contributed by atoms with Crippen molar-refractivity contribution in [2.45, 2.75) is 5.03 Å². The third kappa shape index (κ3) is 1.41. The molecule has 0 saturated carbocycles. The number of hydrogen-bond donors (Lipinski definition) is 3. The van der Waals surface area contributed by atoms with Crippen LogP contribution < -0.4 is 5.73 Å². The zero-order valence-corrected chi connectivity index (χ0v) is 5.68. The average Bonchev–Trinajstić information content (AvgIpc) is 2.15. The molecule has 1 amide bonds. The smallest absolute Gasteiger partial charge is 0.282 e. The molecule has 1 aromatic rings. The maximum absolute atomic E-state index is 10.2. The molecule has 10 heavy (non-hydrogen) atoms. The fourth-order valence-corrected chi connectivity index (χ4v) is 0.896. The van der Waals surface area contributed by atoms with Crippen LogP contribution in [0.2, 0.25) is 0 Å². The summed E-state index contributed by atoms with van der Waals surface area (Å²) in [7, 11) is 0. The van der Waals surface area contributed by atoms with Crippen LogP contribution in [-0.2, 0) is 0 Å². The number of nitrogens with two attached hydrogens (primary N) is 1. The molecular formula is C4H5N3O2S. The van der Waals surface area contributed by atoms with E-state index in [9.17, 15) is 4.79 Å². The lowest BCUT2D eigenvalue weighted by Crippen LogP contribution is -2.01. The number of aromatic hydroxyl groups is 1. The number of carbonyl (C=O) groups is 1. The van der Waals surface area contributed by atoms with E-state index in [0.717, 1.165) is 0 Å². The van der Waals surface area contributed by atoms with E-state index < -0.39 is 5.24 Å². The summed E-state index contributed by atoms with van der Waals surface area (Å²) in [5.41, 5.74) is 4.81. The van der Waals surface area contributed by atoms with E-state index in [2.05, 4.69) is 9.97 Å². The molecule has 0 aliphatic rings. The van der Waals surface area contributed by atoms with Gasteiger partial charge >= 0.3 is 0 Å². The van der Waals surface area contributed by atoms with Gasteiger partial charge in [-0.2, -0.15) is 0 Å². The van der Waals surface area contributed by atoms with Gasteiger partial charge in [-0.15, -0.1) is 0 Å². The van der Waals surface area contributed by atoms with Crippen LogP contribution in [0.4, 0.5) is 4.79 Å². The number of rotatable bonds is 1. The van der Waals surface area contributed by atoms with Crippen molar-refractivity contribution in [3.05, 3.63) is 6.33 Å². The van der Waals surface area contributed by atoms with Crippen LogP contribution in [0.5, 0.6) is 5.88 Å². The molecule has 4 N–H and O–H groups in total. The van der Waals surface area contributed by atoms with Crippen LogP contribution in [0.15, 0.2) is 11.4 Å². The van der Waals surface area contributed by atoms with E-state index in [-0.39, 0.29) is 10.9 Å². The minimum absolute atomic E-state index is 0.135. The second-order valence-electron chi connectivity index (χ2n) is 1.48. The third-order valence-electron chi connectivity index (χ3n) is 0.783. The number of H-pyrrole nitrogens is 1. The number of thioether (sulfide) groups is 1. The van der Waals surface area contributed by atoms with Crippen LogP contribution >= 0.6 is 11.8 Å². The Morgan fingerprint density at radius 2 is 2.60 bits per heavy atom. The van der Waals surface area contributed by atoms with E-state index in [1.807, 2.05) is 0 Å². The zero-order chi connectivity index (χ0) is 7.56. The second kappa shape index (κ2) is 2.61. The van der Waals surface area contributed by atoms with Crippen molar-refractivity contribution in [3.8, 4) is 5.88 Å². The first-order chi connectivity index (χ1) is 4.70. The summed E-state index contributed by atoms with van der Waals surface area (Å²) in [6.07, 6.45) is 1.28. The van der Waals surface area contributed by atoms with E-state index in [1.165, 1.54) is 6.33 Å². The predicted octanol–water partition coefficient (Wildman–Crippen LogP) is 0.286. The van der Waals surface area contributed by atoms with Crippen LogP contribution in [0.25, 0.3) is 0 Å². The van der Waals surface area contributed by atoms with Gasteiger partial charge in [0.05, 0.1) is 6.33 Å². The molecule has 0 radical (unpaired) electrons. The molecule has 1 aromatic heterocycles. The Morgan fingerprint density at radius 1 is 1.90 bits per heavy atom. The van der Waals surface area contributed by atoms with Crippen molar-refractivity contribution in [2.75, 3.05) is 0 Å². The monoisotopic (exact) mass is 159 g/mol. The quantitative estimate of drug-likeness (QED) is 0.513. The summed E-state index contributed by atoms with van der Waals surface area (Å²) in [6.45, 7) is 0. The first-order valence-corrected chi connectivity index (χ1v) is 3.21. The zero-order valence-electron chi connectivity index (χ0n) is 4.87. The maximum Gasteiger partial charge on any atom is 0.282 e. The maximum atomic E-state index is 10.2. The lowest BCUT2D eigenvalue weighted by Gasteiger charge is -1.88. The Labute approximate surface area is 60.6 Å². The summed E-state index contributed by atoms with van der Waals surface area (Å²) in [5, 5.41) is 8.46. The number of imidazole rings is 1. The van der Waals surface area contributed by atoms with Crippen LogP contribution in [0.1, 0.15) is 0 Å². The minimum Gasteiger partial charge on any atom is -0.493 e. The van der Waals surface area contributed by atoms with Gasteiger partial charge in [0, 0.05) is 0 Å². The summed E-state index contributed by atoms with van der Waals surface area (Å²) in [6, 6.07) is 0. The van der Waals surface area contributed by atoms with E-state index in [1.54, 1.807) is 0 Å². The molecule has 0 aliphatic carbocycles. The Morgan fingerprint density at radius 3 is 3.00 bits per heavy atom. The van der Waals surface area contributed by atoms with Crippen molar-refractivity contribution >= 4 is 17.0 Å². The van der Waals surface area contributed by atoms with Gasteiger partial charge in [0.15, 0.2) is 5.03 Å². The molecule has 54 valence electrons. The molecule has 0 saturated heterocycles. The molecule has 0 bridgehead atoms. The Balaban J connectivity index is 2.74. The SMILES string of the molecule is NC(=O)Sc1nc[nH]c1O. The van der Waals surface area contributed by atoms with Gasteiger partial charge in [-0.05, 0) is 11.8 Å². The molecule has 0 aliphatic heterocycles. The summed E-state index contributed by atoms with van der Waals surface area (Å²) >= 11 is 0.678. The van der Waals surface area contributed by atoms with E-state index in [0.29, 0.717) is 11.8 Å². The lowest BCUT2D eigenvalue weighted by molar-refractivity contribution is 0.267. The second-order valence-corrected chi connectivity index (χ2v) is 2.47. The highest BCUT2D eigenvalue weighted by atomic mass is 32.2. The van der Waals surface area contributed by atoms with Crippen molar-refractivity contribution < 1.29 is 9.90 Å². The van der Waals surface area contributed by atoms with Crippen LogP contribution in [0, 0.1) is 0 Å². The van der Waals surface area contributed by atoms with Crippen molar-refractivity contribution in [2.24, 2.45) is 5.73 Å². The number of aromatic nitrogens is 2. The number of hydrogen-bond acceptors (Lipinski definition) is 4. The molecule has 6 heteroatoms. The number of amides is 1. The van der Waals surface area contributed by atoms with Crippen molar-refractivity contribution in [1.82, 2.24) is 9.97 Å². The van der Waals surface area contributed by atoms with Gasteiger partial charge in [0.2, 0.25) is 5.88 Å². The number of nitrogens with zero attached hydrogens (tertiary/aromatic N) is 1. The molecule has 1 heterocycles. The fourth-order valence-electron chi connectivity index (χ4n) is 0.445. The van der Waals surface area contributed by atoms with Gasteiger partial charge in [-0.25, -0.2) is 4.98 Å². The highest BCUT2D eigenvalue weighted by molar-refractivity contribution is 8.13. The Kier molecular flexibility index (Phi) is 1.81. The van der Waals surface area contributed by atoms with Crippen molar-refractivity contribution in [3.63, 3.8) is 0 Å². The van der Waals surface area contributed by atoms with E-state index >= 15 is 0 Å². The largest absolute Gasteiger partial charge is 0.493 e. The molecule has 0 atom stereocenters. The molecular weight excluding hydrogens is 154 g/mol. The topological polar surface area (TPSA) is 92.0 Å². The van der Waals surface area contributed by atoms with Crippen LogP contribution in [0.3, 0.4) is 0 Å². The number of primary amides is 1. The molecule has 0 fully saturated rings. The molecule has 1 rings (SSSR count). The summed E-state index contributed by atoms with van der Waals surface area (Å²) in [4.78, 5) is 16.2. The Hall–Kier alpha value is -1.17. The van der Waals surface area contributed by atoms with Crippen molar-refractivity contribution in [1.29, 1.82) is 0 Å². The van der Waals surface area contributed by atoms with Crippen LogP contribution in [-0.4, -0.2) is 20.3 Å². The predicted molar refractivity (Wildman–Crippen MR) is 35.7 cm³/mol. The summed E-state index contributed by atoms with van der Waals surface area (Å²) in [5.74, 6) is -0.135. The fraction of sp³-hybridized carbons (Fsp3) is 0. The molecule has 0 spiro atoms. The van der Waals surface area contributed by atoms with Gasteiger partial charge < -0.3 is 15.8 Å². The average molecular weight is 159 g/mol. The number of carbonyl (C=O) groups excluding carboxylic acids is 1. The first kappa shape index (κ1) is 6.94. The third-order valence-corrected chi connectivity index (χ3v) is 1.48. The molecule has 0 unspecified atom stereocenters. The molecule has 0 aromatic carbocycles. The standard InChI is InChI=1S/C4H5N3O2S/c5-4(9)10-3-2(8)6-1-7-3/h1,8H,(H2,5,9)(H,6,7). The normalized spacial score (nSPS) is 9.60. The lowest BCUT2D eigenvalue weighted by atomic mass is 10.9. The molecule has 5 nitrogen and oxygen atoms in total. The van der Waals surface area contributed by atoms with Gasteiger partial charge in [-0.1, -0.05) is 0 Å².